The van der Waals surface area contributed by atoms with Crippen LogP contribution in [0.5, 0.6) is 5.75 Å². The fourth-order valence-corrected chi connectivity index (χ4v) is 2.42. The molecule has 0 unspecified atom stereocenters. The van der Waals surface area contributed by atoms with Crippen molar-refractivity contribution in [2.24, 2.45) is 5.92 Å². The highest BCUT2D eigenvalue weighted by Gasteiger charge is 2.12. The number of rotatable bonds is 6. The van der Waals surface area contributed by atoms with Crippen LogP contribution in [0.3, 0.4) is 0 Å². The lowest BCUT2D eigenvalue weighted by Crippen LogP contribution is -2.04. The van der Waals surface area contributed by atoms with Crippen LogP contribution in [0.25, 0.3) is 10.8 Å². The summed E-state index contributed by atoms with van der Waals surface area (Å²) in [5.41, 5.74) is 0.869. The van der Waals surface area contributed by atoms with Crippen molar-refractivity contribution in [1.29, 1.82) is 0 Å². The maximum absolute atomic E-state index is 9.93. The molecule has 0 amide bonds. The van der Waals surface area contributed by atoms with Gasteiger partial charge in [-0.2, -0.15) is 0 Å². The van der Waals surface area contributed by atoms with E-state index in [4.69, 9.17) is 4.74 Å². The highest BCUT2D eigenvalue weighted by Crippen LogP contribution is 2.33. The molecule has 0 aliphatic heterocycles. The molecule has 2 heteroatoms. The largest absolute Gasteiger partial charge is 0.493 e. The van der Waals surface area contributed by atoms with Crippen LogP contribution in [0.1, 0.15) is 45.3 Å². The van der Waals surface area contributed by atoms with E-state index in [1.165, 1.54) is 0 Å². The van der Waals surface area contributed by atoms with E-state index in [0.29, 0.717) is 12.5 Å². The SMILES string of the molecule is CC(C)CCCOc1c([C@H](C)O)ccc2ccccc12. The van der Waals surface area contributed by atoms with Crippen LogP contribution in [0, 0.1) is 5.92 Å². The van der Waals surface area contributed by atoms with Crippen molar-refractivity contribution >= 4 is 10.8 Å². The van der Waals surface area contributed by atoms with Gasteiger partial charge in [0.25, 0.3) is 0 Å². The Morgan fingerprint density at radius 2 is 1.80 bits per heavy atom. The average molecular weight is 272 g/mol. The van der Waals surface area contributed by atoms with Gasteiger partial charge in [-0.15, -0.1) is 0 Å². The Morgan fingerprint density at radius 3 is 2.50 bits per heavy atom. The molecule has 1 atom stereocenters. The molecule has 108 valence electrons. The Labute approximate surface area is 121 Å². The van der Waals surface area contributed by atoms with E-state index >= 15 is 0 Å². The van der Waals surface area contributed by atoms with E-state index in [0.717, 1.165) is 34.9 Å². The molecule has 2 aromatic rings. The Bertz CT molecular complexity index is 558. The topological polar surface area (TPSA) is 29.5 Å². The summed E-state index contributed by atoms with van der Waals surface area (Å²) in [6, 6.07) is 12.2. The van der Waals surface area contributed by atoms with Gasteiger partial charge in [0, 0.05) is 10.9 Å². The van der Waals surface area contributed by atoms with E-state index in [9.17, 15) is 5.11 Å². The molecule has 1 N–H and O–H groups in total. The molecule has 0 saturated carbocycles. The zero-order chi connectivity index (χ0) is 14.5. The minimum Gasteiger partial charge on any atom is -0.493 e. The van der Waals surface area contributed by atoms with Gasteiger partial charge < -0.3 is 9.84 Å². The summed E-state index contributed by atoms with van der Waals surface area (Å²) in [4.78, 5) is 0. The summed E-state index contributed by atoms with van der Waals surface area (Å²) >= 11 is 0. The molecule has 0 heterocycles. The average Bonchev–Trinajstić information content (AvgIpc) is 2.42. The standard InChI is InChI=1S/C18H24O2/c1-13(2)7-6-12-20-18-16(14(3)19)11-10-15-8-4-5-9-17(15)18/h4-5,8-11,13-14,19H,6-7,12H2,1-3H3/t14-/m0/s1. The van der Waals surface area contributed by atoms with Gasteiger partial charge in [-0.3, -0.25) is 0 Å². The molecule has 0 aromatic heterocycles. The van der Waals surface area contributed by atoms with Gasteiger partial charge in [0.15, 0.2) is 0 Å². The van der Waals surface area contributed by atoms with Crippen LogP contribution < -0.4 is 4.74 Å². The van der Waals surface area contributed by atoms with Crippen molar-refractivity contribution in [3.8, 4) is 5.75 Å². The number of hydrogen-bond acceptors (Lipinski definition) is 2. The Morgan fingerprint density at radius 1 is 1.05 bits per heavy atom. The Balaban J connectivity index is 2.25. The van der Waals surface area contributed by atoms with Gasteiger partial charge in [-0.25, -0.2) is 0 Å². The first kappa shape index (κ1) is 14.9. The van der Waals surface area contributed by atoms with Crippen LogP contribution in [0.2, 0.25) is 0 Å². The molecule has 20 heavy (non-hydrogen) atoms. The highest BCUT2D eigenvalue weighted by atomic mass is 16.5. The second kappa shape index (κ2) is 6.76. The number of fused-ring (bicyclic) bond motifs is 1. The second-order valence-corrected chi connectivity index (χ2v) is 5.77. The zero-order valence-electron chi connectivity index (χ0n) is 12.6. The van der Waals surface area contributed by atoms with Crippen molar-refractivity contribution in [2.75, 3.05) is 6.61 Å². The van der Waals surface area contributed by atoms with Gasteiger partial charge in [0.2, 0.25) is 0 Å². The molecule has 0 spiro atoms. The molecule has 0 radical (unpaired) electrons. The van der Waals surface area contributed by atoms with Crippen molar-refractivity contribution in [1.82, 2.24) is 0 Å². The van der Waals surface area contributed by atoms with Gasteiger partial charge >= 0.3 is 0 Å². The number of hydrogen-bond donors (Lipinski definition) is 1. The maximum atomic E-state index is 9.93. The van der Waals surface area contributed by atoms with Crippen LogP contribution in [0.4, 0.5) is 0 Å². The van der Waals surface area contributed by atoms with Crippen molar-refractivity contribution < 1.29 is 9.84 Å². The number of ether oxygens (including phenoxy) is 1. The van der Waals surface area contributed by atoms with Gasteiger partial charge in [0.1, 0.15) is 5.75 Å². The van der Waals surface area contributed by atoms with Gasteiger partial charge in [-0.05, 0) is 31.1 Å². The minimum absolute atomic E-state index is 0.514. The third kappa shape index (κ3) is 3.51. The quantitative estimate of drug-likeness (QED) is 0.772. The third-order valence-corrected chi connectivity index (χ3v) is 3.53. The smallest absolute Gasteiger partial charge is 0.132 e. The molecular formula is C18H24O2. The summed E-state index contributed by atoms with van der Waals surface area (Å²) in [7, 11) is 0. The molecule has 0 fully saturated rings. The van der Waals surface area contributed by atoms with Gasteiger partial charge in [-0.1, -0.05) is 50.2 Å². The Kier molecular flexibility index (Phi) is 5.02. The maximum Gasteiger partial charge on any atom is 0.132 e. The predicted molar refractivity (Wildman–Crippen MR) is 84.1 cm³/mol. The lowest BCUT2D eigenvalue weighted by molar-refractivity contribution is 0.191. The number of aliphatic hydroxyl groups is 1. The molecule has 2 aromatic carbocycles. The molecule has 0 bridgehead atoms. The van der Waals surface area contributed by atoms with Crippen LogP contribution in [0.15, 0.2) is 36.4 Å². The van der Waals surface area contributed by atoms with Gasteiger partial charge in [0.05, 0.1) is 12.7 Å². The fourth-order valence-electron chi connectivity index (χ4n) is 2.42. The molecule has 2 rings (SSSR count). The van der Waals surface area contributed by atoms with Crippen LogP contribution >= 0.6 is 0 Å². The first-order valence-corrected chi connectivity index (χ1v) is 7.42. The normalized spacial score (nSPS) is 12.8. The van der Waals surface area contributed by atoms with E-state index in [-0.39, 0.29) is 0 Å². The predicted octanol–water partition coefficient (Wildman–Crippen LogP) is 4.71. The summed E-state index contributed by atoms with van der Waals surface area (Å²) < 4.78 is 6.00. The van der Waals surface area contributed by atoms with Crippen LogP contribution in [-0.2, 0) is 0 Å². The Hall–Kier alpha value is -1.54. The highest BCUT2D eigenvalue weighted by molar-refractivity contribution is 5.89. The molecule has 0 aliphatic rings. The van der Waals surface area contributed by atoms with E-state index < -0.39 is 6.10 Å². The third-order valence-electron chi connectivity index (χ3n) is 3.53. The minimum atomic E-state index is -0.514. The van der Waals surface area contributed by atoms with E-state index in [2.05, 4.69) is 26.0 Å². The summed E-state index contributed by atoms with van der Waals surface area (Å²) in [5, 5.41) is 12.2. The number of benzene rings is 2. The fraction of sp³-hybridized carbons (Fsp3) is 0.444. The first-order chi connectivity index (χ1) is 9.59. The monoisotopic (exact) mass is 272 g/mol. The molecule has 0 aliphatic carbocycles. The van der Waals surface area contributed by atoms with E-state index in [1.807, 2.05) is 24.3 Å². The summed E-state index contributed by atoms with van der Waals surface area (Å²) in [6.07, 6.45) is 1.69. The molecular weight excluding hydrogens is 248 g/mol. The van der Waals surface area contributed by atoms with E-state index in [1.54, 1.807) is 6.92 Å². The second-order valence-electron chi connectivity index (χ2n) is 5.77. The number of aliphatic hydroxyl groups excluding tert-OH is 1. The lowest BCUT2D eigenvalue weighted by Gasteiger charge is -2.16. The lowest BCUT2D eigenvalue weighted by atomic mass is 10.0. The summed E-state index contributed by atoms with van der Waals surface area (Å²) in [5.74, 6) is 1.53. The van der Waals surface area contributed by atoms with Crippen molar-refractivity contribution in [3.05, 3.63) is 42.0 Å². The van der Waals surface area contributed by atoms with Crippen molar-refractivity contribution in [2.45, 2.75) is 39.7 Å². The van der Waals surface area contributed by atoms with Crippen molar-refractivity contribution in [3.63, 3.8) is 0 Å². The van der Waals surface area contributed by atoms with Crippen LogP contribution in [-0.4, -0.2) is 11.7 Å². The molecule has 0 saturated heterocycles. The first-order valence-electron chi connectivity index (χ1n) is 7.42. The summed E-state index contributed by atoms with van der Waals surface area (Å²) in [6.45, 7) is 6.93. The zero-order valence-corrected chi connectivity index (χ0v) is 12.6. The molecule has 2 nitrogen and oxygen atoms in total.